The Hall–Kier alpha value is -1.67. The third kappa shape index (κ3) is 3.38. The summed E-state index contributed by atoms with van der Waals surface area (Å²) in [6, 6.07) is 5.54. The number of hydrogen-bond donors (Lipinski definition) is 0. The molecule has 1 aliphatic heterocycles. The minimum absolute atomic E-state index is 0.122. The summed E-state index contributed by atoms with van der Waals surface area (Å²) in [5, 5.41) is 0. The molecule has 1 aromatic rings. The molecular weight excluding hydrogens is 309 g/mol. The zero-order chi connectivity index (χ0) is 16.3. The highest BCUT2D eigenvalue weighted by atomic mass is 32.2. The third-order valence-electron chi connectivity index (χ3n) is 3.60. The average Bonchev–Trinajstić information content (AvgIpc) is 2.99. The lowest BCUT2D eigenvalue weighted by Crippen LogP contribution is -2.46. The van der Waals surface area contributed by atoms with E-state index in [1.807, 2.05) is 0 Å². The van der Waals surface area contributed by atoms with Gasteiger partial charge in [0, 0.05) is 27.2 Å². The molecule has 0 unspecified atom stereocenters. The maximum atomic E-state index is 14.0. The van der Waals surface area contributed by atoms with Crippen molar-refractivity contribution in [2.75, 3.05) is 38.0 Å². The number of likely N-dealkylation sites (tertiary alicyclic amines) is 1. The second-order valence-corrected chi connectivity index (χ2v) is 7.40. The normalized spacial score (nSPS) is 15.4. The van der Waals surface area contributed by atoms with Crippen LogP contribution in [0.3, 0.4) is 0 Å². The number of anilines is 1. The molecule has 6 nitrogen and oxygen atoms in total. The first-order chi connectivity index (χ1) is 10.3. The van der Waals surface area contributed by atoms with Crippen molar-refractivity contribution in [2.24, 2.45) is 0 Å². The summed E-state index contributed by atoms with van der Waals surface area (Å²) in [4.78, 5) is 13.9. The first kappa shape index (κ1) is 16.7. The summed E-state index contributed by atoms with van der Waals surface area (Å²) in [6.07, 6.45) is 1.82. The Labute approximate surface area is 130 Å². The topological polar surface area (TPSA) is 60.9 Å². The molecule has 0 N–H and O–H groups in total. The second-order valence-electron chi connectivity index (χ2n) is 5.34. The van der Waals surface area contributed by atoms with Crippen LogP contribution in [0.15, 0.2) is 24.3 Å². The first-order valence-corrected chi connectivity index (χ1v) is 8.46. The average molecular weight is 329 g/mol. The molecule has 0 bridgehead atoms. The smallest absolute Gasteiger partial charge is 0.304 e. The van der Waals surface area contributed by atoms with Gasteiger partial charge < -0.3 is 4.90 Å². The first-order valence-electron chi connectivity index (χ1n) is 7.06. The molecule has 0 aliphatic carbocycles. The lowest BCUT2D eigenvalue weighted by molar-refractivity contribution is -0.128. The number of carbonyl (C=O) groups excluding carboxylic acids is 1. The fraction of sp³-hybridized carbons (Fsp3) is 0.500. The molecule has 8 heteroatoms. The van der Waals surface area contributed by atoms with E-state index in [0.29, 0.717) is 13.1 Å². The largest absolute Gasteiger partial charge is 0.341 e. The lowest BCUT2D eigenvalue weighted by Gasteiger charge is -2.28. The van der Waals surface area contributed by atoms with Gasteiger partial charge in [0.25, 0.3) is 0 Å². The Balaban J connectivity index is 2.34. The van der Waals surface area contributed by atoms with E-state index < -0.39 is 22.6 Å². The van der Waals surface area contributed by atoms with Crippen molar-refractivity contribution in [3.8, 4) is 0 Å². The summed E-state index contributed by atoms with van der Waals surface area (Å²) >= 11 is 0. The summed E-state index contributed by atoms with van der Waals surface area (Å²) < 4.78 is 40.7. The van der Waals surface area contributed by atoms with Gasteiger partial charge in [-0.2, -0.15) is 12.7 Å². The highest BCUT2D eigenvalue weighted by molar-refractivity contribution is 7.90. The maximum absolute atomic E-state index is 14.0. The minimum atomic E-state index is -3.96. The van der Waals surface area contributed by atoms with E-state index in [2.05, 4.69) is 0 Å². The van der Waals surface area contributed by atoms with E-state index in [4.69, 9.17) is 0 Å². The second kappa shape index (κ2) is 6.62. The van der Waals surface area contributed by atoms with Crippen LogP contribution in [0.4, 0.5) is 10.1 Å². The lowest BCUT2D eigenvalue weighted by atomic mass is 10.3. The van der Waals surface area contributed by atoms with Gasteiger partial charge in [0.05, 0.1) is 5.69 Å². The molecule has 2 rings (SSSR count). The van der Waals surface area contributed by atoms with Crippen LogP contribution in [-0.4, -0.2) is 57.3 Å². The molecule has 1 aliphatic rings. The van der Waals surface area contributed by atoms with Crippen molar-refractivity contribution in [2.45, 2.75) is 12.8 Å². The van der Waals surface area contributed by atoms with E-state index in [0.717, 1.165) is 21.5 Å². The van der Waals surface area contributed by atoms with Crippen LogP contribution in [-0.2, 0) is 15.0 Å². The van der Waals surface area contributed by atoms with Gasteiger partial charge in [-0.15, -0.1) is 0 Å². The van der Waals surface area contributed by atoms with Crippen LogP contribution in [0.2, 0.25) is 0 Å². The Kier molecular flexibility index (Phi) is 5.02. The zero-order valence-corrected chi connectivity index (χ0v) is 13.5. The zero-order valence-electron chi connectivity index (χ0n) is 12.7. The molecule has 1 heterocycles. The number of nitrogens with zero attached hydrogens (tertiary/aromatic N) is 3. The van der Waals surface area contributed by atoms with E-state index in [1.165, 1.54) is 38.4 Å². The SMILES string of the molecule is CN(C)S(=O)(=O)N(CC(=O)N1CCCC1)c1ccccc1F. The van der Waals surface area contributed by atoms with Crippen LogP contribution in [0.25, 0.3) is 0 Å². The van der Waals surface area contributed by atoms with Crippen LogP contribution >= 0.6 is 0 Å². The molecule has 22 heavy (non-hydrogen) atoms. The van der Waals surface area contributed by atoms with Crippen molar-refractivity contribution in [1.29, 1.82) is 0 Å². The Morgan fingerprint density at radius 1 is 1.23 bits per heavy atom. The number of carbonyl (C=O) groups is 1. The van der Waals surface area contributed by atoms with Crippen molar-refractivity contribution in [1.82, 2.24) is 9.21 Å². The molecule has 1 saturated heterocycles. The van der Waals surface area contributed by atoms with Gasteiger partial charge in [-0.1, -0.05) is 12.1 Å². The highest BCUT2D eigenvalue weighted by Crippen LogP contribution is 2.23. The van der Waals surface area contributed by atoms with E-state index >= 15 is 0 Å². The van der Waals surface area contributed by atoms with Crippen molar-refractivity contribution < 1.29 is 17.6 Å². The van der Waals surface area contributed by atoms with Gasteiger partial charge in [0.1, 0.15) is 12.4 Å². The third-order valence-corrected chi connectivity index (χ3v) is 5.40. The van der Waals surface area contributed by atoms with Gasteiger partial charge >= 0.3 is 10.2 Å². The minimum Gasteiger partial charge on any atom is -0.341 e. The quantitative estimate of drug-likeness (QED) is 0.811. The molecule has 0 atom stereocenters. The Morgan fingerprint density at radius 2 is 1.82 bits per heavy atom. The predicted molar refractivity (Wildman–Crippen MR) is 82.2 cm³/mol. The summed E-state index contributed by atoms with van der Waals surface area (Å²) in [5.74, 6) is -0.992. The van der Waals surface area contributed by atoms with E-state index in [9.17, 15) is 17.6 Å². The molecule has 1 fully saturated rings. The molecule has 0 spiro atoms. The summed E-state index contributed by atoms with van der Waals surface area (Å²) in [6.45, 7) is 0.833. The number of amides is 1. The molecule has 0 aromatic heterocycles. The number of benzene rings is 1. The summed E-state index contributed by atoms with van der Waals surface area (Å²) in [7, 11) is -1.26. The van der Waals surface area contributed by atoms with Crippen LogP contribution in [0.5, 0.6) is 0 Å². The van der Waals surface area contributed by atoms with Crippen molar-refractivity contribution >= 4 is 21.8 Å². The molecule has 0 radical (unpaired) electrons. The number of para-hydroxylation sites is 1. The van der Waals surface area contributed by atoms with Crippen LogP contribution in [0, 0.1) is 5.82 Å². The van der Waals surface area contributed by atoms with Crippen molar-refractivity contribution in [3.05, 3.63) is 30.1 Å². The number of hydrogen-bond acceptors (Lipinski definition) is 3. The van der Waals surface area contributed by atoms with Gasteiger partial charge in [-0.25, -0.2) is 8.70 Å². The van der Waals surface area contributed by atoms with Gasteiger partial charge in [0.15, 0.2) is 0 Å². The fourth-order valence-electron chi connectivity index (χ4n) is 2.33. The Morgan fingerprint density at radius 3 is 2.36 bits per heavy atom. The van der Waals surface area contributed by atoms with Crippen LogP contribution in [0.1, 0.15) is 12.8 Å². The molecule has 122 valence electrons. The van der Waals surface area contributed by atoms with Gasteiger partial charge in [-0.3, -0.25) is 4.79 Å². The van der Waals surface area contributed by atoms with E-state index in [1.54, 1.807) is 4.90 Å². The van der Waals surface area contributed by atoms with Crippen LogP contribution < -0.4 is 4.31 Å². The molecule has 1 aromatic carbocycles. The Bertz CT molecular complexity index is 642. The van der Waals surface area contributed by atoms with E-state index in [-0.39, 0.29) is 11.6 Å². The van der Waals surface area contributed by atoms with Gasteiger partial charge in [-0.05, 0) is 25.0 Å². The molecule has 1 amide bonds. The predicted octanol–water partition coefficient (Wildman–Crippen LogP) is 1.06. The molecule has 0 saturated carbocycles. The van der Waals surface area contributed by atoms with Gasteiger partial charge in [0.2, 0.25) is 5.91 Å². The standard InChI is InChI=1S/C14H20FN3O3S/c1-16(2)22(20,21)18(13-8-4-3-7-12(13)15)11-14(19)17-9-5-6-10-17/h3-4,7-8H,5-6,9-11H2,1-2H3. The van der Waals surface area contributed by atoms with Crippen molar-refractivity contribution in [3.63, 3.8) is 0 Å². The monoisotopic (exact) mass is 329 g/mol. The summed E-state index contributed by atoms with van der Waals surface area (Å²) in [5.41, 5.74) is -0.122. The fourth-order valence-corrected chi connectivity index (χ4v) is 3.40. The maximum Gasteiger partial charge on any atom is 0.304 e. The highest BCUT2D eigenvalue weighted by Gasteiger charge is 2.31. The molecular formula is C14H20FN3O3S. The number of halogens is 1. The number of rotatable bonds is 5.